The minimum absolute atomic E-state index is 0.675. The number of fused-ring (bicyclic) bond motifs is 1. The van der Waals surface area contributed by atoms with Crippen molar-refractivity contribution in [3.63, 3.8) is 0 Å². The normalized spacial score (nSPS) is 10.8. The maximum atomic E-state index is 6.21. The maximum absolute atomic E-state index is 6.21. The Morgan fingerprint density at radius 1 is 1.41 bits per heavy atom. The predicted molar refractivity (Wildman–Crippen MR) is 73.3 cm³/mol. The third-order valence-electron chi connectivity index (χ3n) is 2.83. The number of nitrogens with one attached hydrogen (secondary N) is 1. The SMILES string of the molecule is CCCc1cc(NN)c2c(Cl)ccc(C)c2n1. The Morgan fingerprint density at radius 3 is 2.82 bits per heavy atom. The van der Waals surface area contributed by atoms with E-state index >= 15 is 0 Å². The quantitative estimate of drug-likeness (QED) is 0.647. The van der Waals surface area contributed by atoms with Crippen molar-refractivity contribution in [1.82, 2.24) is 4.98 Å². The highest BCUT2D eigenvalue weighted by atomic mass is 35.5. The number of aromatic nitrogens is 1. The standard InChI is InChI=1S/C13H16ClN3/c1-3-4-9-7-11(17-15)12-10(14)6-5-8(2)13(12)16-9/h5-7H,3-4,15H2,1-2H3,(H,16,17). The van der Waals surface area contributed by atoms with Gasteiger partial charge in [0.2, 0.25) is 0 Å². The zero-order valence-corrected chi connectivity index (χ0v) is 10.8. The minimum Gasteiger partial charge on any atom is -0.323 e. The van der Waals surface area contributed by atoms with Crippen molar-refractivity contribution in [3.8, 4) is 0 Å². The predicted octanol–water partition coefficient (Wildman–Crippen LogP) is 3.43. The molecule has 2 rings (SSSR count). The average molecular weight is 250 g/mol. The summed E-state index contributed by atoms with van der Waals surface area (Å²) in [5, 5.41) is 1.57. The molecule has 1 aromatic carbocycles. The van der Waals surface area contributed by atoms with Crippen molar-refractivity contribution in [2.75, 3.05) is 5.43 Å². The second kappa shape index (κ2) is 4.90. The van der Waals surface area contributed by atoms with Crippen molar-refractivity contribution in [2.45, 2.75) is 26.7 Å². The molecule has 3 nitrogen and oxygen atoms in total. The minimum atomic E-state index is 0.675. The first-order valence-electron chi connectivity index (χ1n) is 5.72. The second-order valence-corrected chi connectivity index (χ2v) is 4.55. The molecule has 1 aromatic heterocycles. The average Bonchev–Trinajstić information content (AvgIpc) is 2.33. The van der Waals surface area contributed by atoms with Crippen LogP contribution in [0.3, 0.4) is 0 Å². The van der Waals surface area contributed by atoms with Crippen LogP contribution in [-0.2, 0) is 6.42 Å². The van der Waals surface area contributed by atoms with E-state index in [1.165, 1.54) is 0 Å². The molecule has 0 radical (unpaired) electrons. The summed E-state index contributed by atoms with van der Waals surface area (Å²) >= 11 is 6.21. The summed E-state index contributed by atoms with van der Waals surface area (Å²) in [6.45, 7) is 4.16. The highest BCUT2D eigenvalue weighted by Crippen LogP contribution is 2.31. The Bertz CT molecular complexity index is 552. The zero-order valence-electron chi connectivity index (χ0n) is 10.0. The van der Waals surface area contributed by atoms with Gasteiger partial charge in [-0.1, -0.05) is 31.0 Å². The van der Waals surface area contributed by atoms with Crippen LogP contribution in [0.25, 0.3) is 10.9 Å². The van der Waals surface area contributed by atoms with E-state index in [2.05, 4.69) is 17.3 Å². The smallest absolute Gasteiger partial charge is 0.0770 e. The number of hydrogen-bond donors (Lipinski definition) is 2. The molecule has 0 amide bonds. The van der Waals surface area contributed by atoms with Crippen molar-refractivity contribution >= 4 is 28.2 Å². The van der Waals surface area contributed by atoms with E-state index in [4.69, 9.17) is 17.4 Å². The second-order valence-electron chi connectivity index (χ2n) is 4.14. The molecule has 17 heavy (non-hydrogen) atoms. The molecule has 0 aliphatic heterocycles. The Hall–Kier alpha value is -1.32. The van der Waals surface area contributed by atoms with Gasteiger partial charge in [-0.2, -0.15) is 0 Å². The Balaban J connectivity index is 2.77. The molecule has 90 valence electrons. The van der Waals surface area contributed by atoms with Crippen molar-refractivity contribution < 1.29 is 0 Å². The van der Waals surface area contributed by atoms with Crippen LogP contribution in [0.2, 0.25) is 5.02 Å². The van der Waals surface area contributed by atoms with Gasteiger partial charge >= 0.3 is 0 Å². The maximum Gasteiger partial charge on any atom is 0.0770 e. The van der Waals surface area contributed by atoms with Gasteiger partial charge in [0.15, 0.2) is 0 Å². The van der Waals surface area contributed by atoms with Crippen molar-refractivity contribution in [3.05, 3.63) is 34.5 Å². The molecule has 0 unspecified atom stereocenters. The van der Waals surface area contributed by atoms with Crippen LogP contribution in [0.15, 0.2) is 18.2 Å². The van der Waals surface area contributed by atoms with E-state index in [-0.39, 0.29) is 0 Å². The van der Waals surface area contributed by atoms with Gasteiger partial charge in [0.1, 0.15) is 0 Å². The van der Waals surface area contributed by atoms with E-state index in [9.17, 15) is 0 Å². The number of nitrogens with zero attached hydrogens (tertiary/aromatic N) is 1. The molecule has 0 aliphatic carbocycles. The number of benzene rings is 1. The van der Waals surface area contributed by atoms with Crippen LogP contribution in [0.4, 0.5) is 5.69 Å². The molecule has 0 spiro atoms. The molecule has 0 atom stereocenters. The van der Waals surface area contributed by atoms with E-state index < -0.39 is 0 Å². The molecule has 3 N–H and O–H groups in total. The highest BCUT2D eigenvalue weighted by molar-refractivity contribution is 6.36. The van der Waals surface area contributed by atoms with Gasteiger partial charge in [-0.25, -0.2) is 0 Å². The van der Waals surface area contributed by atoms with Gasteiger partial charge in [-0.15, -0.1) is 0 Å². The summed E-state index contributed by atoms with van der Waals surface area (Å²) in [5.74, 6) is 5.56. The van der Waals surface area contributed by atoms with Crippen molar-refractivity contribution in [1.29, 1.82) is 0 Å². The molecular weight excluding hydrogens is 234 g/mol. The molecule has 0 aliphatic rings. The molecule has 0 bridgehead atoms. The van der Waals surface area contributed by atoms with Gasteiger partial charge in [0, 0.05) is 11.1 Å². The van der Waals surface area contributed by atoms with Crippen LogP contribution < -0.4 is 11.3 Å². The van der Waals surface area contributed by atoms with E-state index in [0.29, 0.717) is 5.02 Å². The first kappa shape index (κ1) is 12.1. The van der Waals surface area contributed by atoms with Crippen LogP contribution in [-0.4, -0.2) is 4.98 Å². The molecule has 0 saturated carbocycles. The molecular formula is C13H16ClN3. The number of nitrogen functional groups attached to an aromatic ring is 1. The van der Waals surface area contributed by atoms with Gasteiger partial charge in [-0.3, -0.25) is 10.8 Å². The van der Waals surface area contributed by atoms with Crippen LogP contribution >= 0.6 is 11.6 Å². The summed E-state index contributed by atoms with van der Waals surface area (Å²) in [4.78, 5) is 4.65. The number of nitrogens with two attached hydrogens (primary N) is 1. The van der Waals surface area contributed by atoms with Crippen LogP contribution in [0.5, 0.6) is 0 Å². The largest absolute Gasteiger partial charge is 0.323 e. The lowest BCUT2D eigenvalue weighted by Gasteiger charge is -2.11. The number of pyridine rings is 1. The molecule has 1 heterocycles. The number of rotatable bonds is 3. The first-order valence-corrected chi connectivity index (χ1v) is 6.10. The monoisotopic (exact) mass is 249 g/mol. The number of hydrazine groups is 1. The molecule has 0 saturated heterocycles. The fourth-order valence-electron chi connectivity index (χ4n) is 1.98. The molecule has 0 fully saturated rings. The van der Waals surface area contributed by atoms with E-state index in [0.717, 1.165) is 40.7 Å². The van der Waals surface area contributed by atoms with Gasteiger partial charge < -0.3 is 5.43 Å². The fourth-order valence-corrected chi connectivity index (χ4v) is 2.24. The van der Waals surface area contributed by atoms with Crippen LogP contribution in [0, 0.1) is 6.92 Å². The zero-order chi connectivity index (χ0) is 12.4. The van der Waals surface area contributed by atoms with Gasteiger partial charge in [0.05, 0.1) is 16.2 Å². The number of halogens is 1. The topological polar surface area (TPSA) is 50.9 Å². The Kier molecular flexibility index (Phi) is 3.50. The fraction of sp³-hybridized carbons (Fsp3) is 0.308. The van der Waals surface area contributed by atoms with Crippen molar-refractivity contribution in [2.24, 2.45) is 5.84 Å². The molecule has 2 aromatic rings. The van der Waals surface area contributed by atoms with E-state index in [1.54, 1.807) is 0 Å². The Labute approximate surface area is 106 Å². The third-order valence-corrected chi connectivity index (χ3v) is 3.14. The number of anilines is 1. The third kappa shape index (κ3) is 2.21. The summed E-state index contributed by atoms with van der Waals surface area (Å²) < 4.78 is 0. The van der Waals surface area contributed by atoms with E-state index in [1.807, 2.05) is 25.1 Å². The first-order chi connectivity index (χ1) is 8.17. The summed E-state index contributed by atoms with van der Waals surface area (Å²) in [6.07, 6.45) is 2.00. The van der Waals surface area contributed by atoms with Gasteiger partial charge in [0.25, 0.3) is 0 Å². The summed E-state index contributed by atoms with van der Waals surface area (Å²) in [6, 6.07) is 5.83. The van der Waals surface area contributed by atoms with Crippen LogP contribution in [0.1, 0.15) is 24.6 Å². The lowest BCUT2D eigenvalue weighted by molar-refractivity contribution is 0.889. The highest BCUT2D eigenvalue weighted by Gasteiger charge is 2.10. The van der Waals surface area contributed by atoms with Gasteiger partial charge in [-0.05, 0) is 31.0 Å². The summed E-state index contributed by atoms with van der Waals surface area (Å²) in [7, 11) is 0. The number of aryl methyl sites for hydroxylation is 2. The molecule has 4 heteroatoms. The lowest BCUT2D eigenvalue weighted by Crippen LogP contribution is -2.09. The Morgan fingerprint density at radius 2 is 2.18 bits per heavy atom. The number of hydrogen-bond acceptors (Lipinski definition) is 3. The lowest BCUT2D eigenvalue weighted by atomic mass is 10.1. The summed E-state index contributed by atoms with van der Waals surface area (Å²) in [5.41, 5.74) is 6.63.